The zero-order valence-electron chi connectivity index (χ0n) is 15.2. The minimum Gasteiger partial charge on any atom is -0.323 e. The van der Waals surface area contributed by atoms with Gasteiger partial charge in [-0.2, -0.15) is 5.10 Å². The lowest BCUT2D eigenvalue weighted by atomic mass is 10.1. The van der Waals surface area contributed by atoms with Crippen molar-refractivity contribution in [2.24, 2.45) is 0 Å². The van der Waals surface area contributed by atoms with Gasteiger partial charge in [0.1, 0.15) is 5.82 Å². The van der Waals surface area contributed by atoms with Gasteiger partial charge in [0.25, 0.3) is 0 Å². The second-order valence-electron chi connectivity index (χ2n) is 7.37. The summed E-state index contributed by atoms with van der Waals surface area (Å²) in [6, 6.07) is 1.92. The lowest BCUT2D eigenvalue weighted by molar-refractivity contribution is 0.211. The van der Waals surface area contributed by atoms with Gasteiger partial charge in [-0.05, 0) is 53.6 Å². The first-order valence-electron chi connectivity index (χ1n) is 8.66. The highest BCUT2D eigenvalue weighted by Gasteiger charge is 2.23. The van der Waals surface area contributed by atoms with E-state index >= 15 is 0 Å². The highest BCUT2D eigenvalue weighted by molar-refractivity contribution is 5.88. The first kappa shape index (κ1) is 17.8. The molecule has 2 amide bonds. The average molecular weight is 321 g/mol. The monoisotopic (exact) mass is 321 g/mol. The van der Waals surface area contributed by atoms with Crippen LogP contribution in [0.4, 0.5) is 10.6 Å². The third-order valence-corrected chi connectivity index (χ3v) is 4.12. The molecule has 0 saturated carbocycles. The number of amides is 2. The molecular weight excluding hydrogens is 290 g/mol. The fourth-order valence-electron chi connectivity index (χ4n) is 3.00. The second kappa shape index (κ2) is 7.34. The number of aromatic nitrogens is 2. The Hall–Kier alpha value is -1.56. The Balaban J connectivity index is 2.02. The third kappa shape index (κ3) is 4.70. The Morgan fingerprint density at radius 1 is 1.26 bits per heavy atom. The topological polar surface area (TPSA) is 53.4 Å². The molecule has 1 aliphatic heterocycles. The van der Waals surface area contributed by atoms with E-state index < -0.39 is 0 Å². The maximum atomic E-state index is 12.6. The van der Waals surface area contributed by atoms with Crippen LogP contribution in [0.5, 0.6) is 0 Å². The van der Waals surface area contributed by atoms with E-state index in [9.17, 15) is 4.79 Å². The summed E-state index contributed by atoms with van der Waals surface area (Å²) in [5.74, 6) is 0.773. The van der Waals surface area contributed by atoms with Crippen LogP contribution in [0.3, 0.4) is 0 Å². The fourth-order valence-corrected chi connectivity index (χ4v) is 3.00. The van der Waals surface area contributed by atoms with Crippen LogP contribution in [0.25, 0.3) is 0 Å². The van der Waals surface area contributed by atoms with E-state index in [0.29, 0.717) is 0 Å². The van der Waals surface area contributed by atoms with Gasteiger partial charge in [-0.3, -0.25) is 5.32 Å². The van der Waals surface area contributed by atoms with Gasteiger partial charge >= 0.3 is 6.03 Å². The standard InChI is InChI=1S/C17H31N5O/c1-6-8-20-9-7-10-21(12-11-20)16(23)18-15-13-14(2)19-22(15)17(3,4)5/h13H,6-12H2,1-5H3,(H,18,23). The van der Waals surface area contributed by atoms with Crippen LogP contribution in [0.15, 0.2) is 6.07 Å². The van der Waals surface area contributed by atoms with Crippen LogP contribution < -0.4 is 5.32 Å². The first-order chi connectivity index (χ1) is 10.8. The van der Waals surface area contributed by atoms with Crippen LogP contribution in [0.1, 0.15) is 46.2 Å². The van der Waals surface area contributed by atoms with Crippen molar-refractivity contribution < 1.29 is 4.79 Å². The Morgan fingerprint density at radius 2 is 2.00 bits per heavy atom. The number of hydrogen-bond acceptors (Lipinski definition) is 3. The van der Waals surface area contributed by atoms with E-state index in [1.807, 2.05) is 22.6 Å². The number of urea groups is 1. The molecule has 2 rings (SSSR count). The second-order valence-corrected chi connectivity index (χ2v) is 7.37. The molecule has 0 bridgehead atoms. The smallest absolute Gasteiger partial charge is 0.323 e. The number of nitrogens with one attached hydrogen (secondary N) is 1. The van der Waals surface area contributed by atoms with E-state index in [1.54, 1.807) is 0 Å². The number of nitrogens with zero attached hydrogens (tertiary/aromatic N) is 4. The van der Waals surface area contributed by atoms with Crippen LogP contribution >= 0.6 is 0 Å². The molecule has 23 heavy (non-hydrogen) atoms. The molecule has 1 fully saturated rings. The maximum Gasteiger partial charge on any atom is 0.323 e. The molecule has 1 N–H and O–H groups in total. The zero-order chi connectivity index (χ0) is 17.0. The van der Waals surface area contributed by atoms with Gasteiger partial charge in [-0.1, -0.05) is 6.92 Å². The molecule has 0 unspecified atom stereocenters. The van der Waals surface area contributed by atoms with Crippen molar-refractivity contribution in [3.63, 3.8) is 0 Å². The van der Waals surface area contributed by atoms with Gasteiger partial charge in [0.15, 0.2) is 0 Å². The molecule has 1 aromatic heterocycles. The molecule has 2 heterocycles. The van der Waals surface area contributed by atoms with Crippen LogP contribution in [-0.2, 0) is 5.54 Å². The minimum absolute atomic E-state index is 0.0197. The van der Waals surface area contributed by atoms with Gasteiger partial charge in [-0.15, -0.1) is 0 Å². The molecule has 0 atom stereocenters. The third-order valence-electron chi connectivity index (χ3n) is 4.12. The Kier molecular flexibility index (Phi) is 5.68. The van der Waals surface area contributed by atoms with E-state index in [4.69, 9.17) is 0 Å². The largest absolute Gasteiger partial charge is 0.323 e. The summed E-state index contributed by atoms with van der Waals surface area (Å²) < 4.78 is 1.89. The highest BCUT2D eigenvalue weighted by Crippen LogP contribution is 2.21. The molecule has 1 aromatic rings. The van der Waals surface area contributed by atoms with Crippen molar-refractivity contribution in [2.45, 2.75) is 53.0 Å². The molecule has 1 saturated heterocycles. The molecule has 0 radical (unpaired) electrons. The number of carbonyl (C=O) groups is 1. The van der Waals surface area contributed by atoms with Crippen molar-refractivity contribution in [3.8, 4) is 0 Å². The Morgan fingerprint density at radius 3 is 2.65 bits per heavy atom. The summed E-state index contributed by atoms with van der Waals surface area (Å²) in [4.78, 5) is 17.0. The Bertz CT molecular complexity index is 532. The number of carbonyl (C=O) groups excluding carboxylic acids is 1. The predicted octanol–water partition coefficient (Wildman–Crippen LogP) is 2.90. The normalized spacial score (nSPS) is 17.2. The molecule has 0 aliphatic carbocycles. The predicted molar refractivity (Wildman–Crippen MR) is 93.9 cm³/mol. The Labute approximate surface area is 139 Å². The van der Waals surface area contributed by atoms with Gasteiger partial charge in [0.05, 0.1) is 11.2 Å². The molecule has 6 nitrogen and oxygen atoms in total. The molecule has 1 aliphatic rings. The summed E-state index contributed by atoms with van der Waals surface area (Å²) in [5.41, 5.74) is 0.758. The summed E-state index contributed by atoms with van der Waals surface area (Å²) in [6.07, 6.45) is 2.20. The van der Waals surface area contributed by atoms with Gasteiger partial charge in [0, 0.05) is 25.7 Å². The average Bonchev–Trinajstić information content (AvgIpc) is 2.69. The number of aryl methyl sites for hydroxylation is 1. The van der Waals surface area contributed by atoms with Crippen molar-refractivity contribution in [2.75, 3.05) is 38.0 Å². The minimum atomic E-state index is -0.159. The summed E-state index contributed by atoms with van der Waals surface area (Å²) in [7, 11) is 0. The van der Waals surface area contributed by atoms with Crippen molar-refractivity contribution in [3.05, 3.63) is 11.8 Å². The number of anilines is 1. The lowest BCUT2D eigenvalue weighted by Gasteiger charge is -2.25. The van der Waals surface area contributed by atoms with Crippen molar-refractivity contribution in [1.82, 2.24) is 19.6 Å². The number of hydrogen-bond donors (Lipinski definition) is 1. The highest BCUT2D eigenvalue weighted by atomic mass is 16.2. The first-order valence-corrected chi connectivity index (χ1v) is 8.66. The van der Waals surface area contributed by atoms with E-state index in [0.717, 1.165) is 57.1 Å². The summed E-state index contributed by atoms with van der Waals surface area (Å²) in [6.45, 7) is 15.2. The summed E-state index contributed by atoms with van der Waals surface area (Å²) in [5, 5.41) is 7.56. The van der Waals surface area contributed by atoms with E-state index in [1.165, 1.54) is 0 Å². The lowest BCUT2D eigenvalue weighted by Crippen LogP contribution is -2.39. The van der Waals surface area contributed by atoms with Crippen molar-refractivity contribution >= 4 is 11.8 Å². The van der Waals surface area contributed by atoms with Crippen LogP contribution in [0.2, 0.25) is 0 Å². The zero-order valence-corrected chi connectivity index (χ0v) is 15.2. The van der Waals surface area contributed by atoms with Gasteiger partial charge < -0.3 is 9.80 Å². The molecule has 130 valence electrons. The SMILES string of the molecule is CCCN1CCCN(C(=O)Nc2cc(C)nn2C(C)(C)C)CC1. The molecule has 0 aromatic carbocycles. The molecular formula is C17H31N5O. The van der Waals surface area contributed by atoms with Gasteiger partial charge in [-0.25, -0.2) is 9.48 Å². The fraction of sp³-hybridized carbons (Fsp3) is 0.765. The van der Waals surface area contributed by atoms with Crippen LogP contribution in [-0.4, -0.2) is 58.3 Å². The van der Waals surface area contributed by atoms with Crippen molar-refractivity contribution in [1.29, 1.82) is 0 Å². The number of rotatable bonds is 3. The summed E-state index contributed by atoms with van der Waals surface area (Å²) >= 11 is 0. The van der Waals surface area contributed by atoms with E-state index in [2.05, 4.69) is 43.0 Å². The van der Waals surface area contributed by atoms with Crippen LogP contribution in [0, 0.1) is 6.92 Å². The quantitative estimate of drug-likeness (QED) is 0.931. The molecule has 0 spiro atoms. The molecule has 6 heteroatoms. The maximum absolute atomic E-state index is 12.6. The van der Waals surface area contributed by atoms with Gasteiger partial charge in [0.2, 0.25) is 0 Å². The van der Waals surface area contributed by atoms with E-state index in [-0.39, 0.29) is 11.6 Å².